The minimum absolute atomic E-state index is 0.123. The summed E-state index contributed by atoms with van der Waals surface area (Å²) in [6, 6.07) is 0.186. The molecule has 2 rings (SSSR count). The van der Waals surface area contributed by atoms with Crippen molar-refractivity contribution in [3.05, 3.63) is 0 Å². The van der Waals surface area contributed by atoms with Crippen molar-refractivity contribution in [3.8, 4) is 0 Å². The normalized spacial score (nSPS) is 30.8. The van der Waals surface area contributed by atoms with E-state index in [0.717, 1.165) is 24.3 Å². The Bertz CT molecular complexity index is 308. The average molecular weight is 267 g/mol. The SMILES string of the molecule is CCNC(=O)CC(CN)N(C)CC1CC2CCC1C2. The number of likely N-dealkylation sites (N-methyl/N-ethyl adjacent to an activating group) is 1. The van der Waals surface area contributed by atoms with Crippen molar-refractivity contribution in [1.29, 1.82) is 0 Å². The molecule has 0 aliphatic heterocycles. The molecule has 3 N–H and O–H groups in total. The fourth-order valence-electron chi connectivity index (χ4n) is 4.02. The van der Waals surface area contributed by atoms with Crippen LogP contribution in [0.2, 0.25) is 0 Å². The standard InChI is InChI=1S/C15H29N3O/c1-3-17-15(19)8-14(9-16)18(2)10-13-7-11-4-5-12(13)6-11/h11-14H,3-10,16H2,1-2H3,(H,17,19). The molecular formula is C15H29N3O. The molecule has 110 valence electrons. The van der Waals surface area contributed by atoms with Crippen LogP contribution in [-0.2, 0) is 4.79 Å². The number of fused-ring (bicyclic) bond motifs is 2. The predicted molar refractivity (Wildman–Crippen MR) is 77.7 cm³/mol. The Balaban J connectivity index is 1.79. The number of hydrogen-bond donors (Lipinski definition) is 2. The van der Waals surface area contributed by atoms with Crippen molar-refractivity contribution in [2.45, 2.75) is 45.1 Å². The van der Waals surface area contributed by atoms with E-state index in [1.54, 1.807) is 0 Å². The summed E-state index contributed by atoms with van der Waals surface area (Å²) < 4.78 is 0. The Morgan fingerprint density at radius 1 is 1.42 bits per heavy atom. The molecule has 2 bridgehead atoms. The summed E-state index contributed by atoms with van der Waals surface area (Å²) in [5.41, 5.74) is 5.85. The molecule has 2 saturated carbocycles. The fraction of sp³-hybridized carbons (Fsp3) is 0.933. The maximum Gasteiger partial charge on any atom is 0.221 e. The first-order valence-electron chi connectivity index (χ1n) is 7.81. The monoisotopic (exact) mass is 267 g/mol. The van der Waals surface area contributed by atoms with Crippen molar-refractivity contribution in [2.75, 3.05) is 26.7 Å². The van der Waals surface area contributed by atoms with Crippen LogP contribution in [0.25, 0.3) is 0 Å². The van der Waals surface area contributed by atoms with Gasteiger partial charge in [-0.15, -0.1) is 0 Å². The van der Waals surface area contributed by atoms with E-state index in [0.29, 0.717) is 19.5 Å². The predicted octanol–water partition coefficient (Wildman–Crippen LogP) is 1.21. The molecule has 0 spiro atoms. The van der Waals surface area contributed by atoms with E-state index in [2.05, 4.69) is 17.3 Å². The van der Waals surface area contributed by atoms with Crippen LogP contribution in [0.5, 0.6) is 0 Å². The Kier molecular flexibility index (Phi) is 5.22. The molecule has 0 aromatic carbocycles. The van der Waals surface area contributed by atoms with Gasteiger partial charge in [0.25, 0.3) is 0 Å². The van der Waals surface area contributed by atoms with Crippen LogP contribution in [0.1, 0.15) is 39.0 Å². The van der Waals surface area contributed by atoms with E-state index in [1.165, 1.54) is 25.7 Å². The van der Waals surface area contributed by atoms with Crippen molar-refractivity contribution < 1.29 is 4.79 Å². The number of nitrogens with one attached hydrogen (secondary N) is 1. The summed E-state index contributed by atoms with van der Waals surface area (Å²) in [5.74, 6) is 2.89. The number of hydrogen-bond acceptors (Lipinski definition) is 3. The van der Waals surface area contributed by atoms with Gasteiger partial charge in [-0.05, 0) is 51.0 Å². The summed E-state index contributed by atoms with van der Waals surface area (Å²) >= 11 is 0. The lowest BCUT2D eigenvalue weighted by Gasteiger charge is -2.32. The van der Waals surface area contributed by atoms with Crippen molar-refractivity contribution in [3.63, 3.8) is 0 Å². The Morgan fingerprint density at radius 2 is 2.21 bits per heavy atom. The lowest BCUT2D eigenvalue weighted by atomic mass is 9.88. The molecule has 2 aliphatic carbocycles. The maximum absolute atomic E-state index is 11.7. The summed E-state index contributed by atoms with van der Waals surface area (Å²) in [6.45, 7) is 4.33. The van der Waals surface area contributed by atoms with E-state index in [-0.39, 0.29) is 11.9 Å². The summed E-state index contributed by atoms with van der Waals surface area (Å²) in [4.78, 5) is 14.0. The molecule has 2 fully saturated rings. The van der Waals surface area contributed by atoms with Crippen LogP contribution < -0.4 is 11.1 Å². The lowest BCUT2D eigenvalue weighted by Crippen LogP contribution is -2.44. The molecule has 0 heterocycles. The molecule has 0 radical (unpaired) electrons. The van der Waals surface area contributed by atoms with Crippen molar-refractivity contribution in [2.24, 2.45) is 23.5 Å². The second kappa shape index (κ2) is 6.71. The van der Waals surface area contributed by atoms with Crippen LogP contribution in [-0.4, -0.2) is 43.5 Å². The number of rotatable bonds is 7. The van der Waals surface area contributed by atoms with Crippen molar-refractivity contribution in [1.82, 2.24) is 10.2 Å². The number of nitrogens with two attached hydrogens (primary N) is 1. The maximum atomic E-state index is 11.7. The third kappa shape index (κ3) is 3.69. The van der Waals surface area contributed by atoms with E-state index < -0.39 is 0 Å². The van der Waals surface area contributed by atoms with Gasteiger partial charge in [-0.1, -0.05) is 6.42 Å². The zero-order valence-electron chi connectivity index (χ0n) is 12.4. The average Bonchev–Trinajstić information content (AvgIpc) is 2.98. The minimum atomic E-state index is 0.123. The van der Waals surface area contributed by atoms with Gasteiger partial charge >= 0.3 is 0 Å². The van der Waals surface area contributed by atoms with E-state index in [4.69, 9.17) is 5.73 Å². The Hall–Kier alpha value is -0.610. The largest absolute Gasteiger partial charge is 0.356 e. The second-order valence-corrected chi connectivity index (χ2v) is 6.42. The van der Waals surface area contributed by atoms with Crippen LogP contribution in [0, 0.1) is 17.8 Å². The first kappa shape index (κ1) is 14.8. The highest BCUT2D eigenvalue weighted by Gasteiger charge is 2.40. The highest BCUT2D eigenvalue weighted by molar-refractivity contribution is 5.76. The minimum Gasteiger partial charge on any atom is -0.356 e. The number of nitrogens with zero attached hydrogens (tertiary/aromatic N) is 1. The van der Waals surface area contributed by atoms with Gasteiger partial charge in [0.15, 0.2) is 0 Å². The molecule has 1 amide bonds. The van der Waals surface area contributed by atoms with Crippen LogP contribution in [0.3, 0.4) is 0 Å². The zero-order chi connectivity index (χ0) is 13.8. The number of amides is 1. The fourth-order valence-corrected chi connectivity index (χ4v) is 4.02. The van der Waals surface area contributed by atoms with Gasteiger partial charge in [0, 0.05) is 32.1 Å². The third-order valence-electron chi connectivity index (χ3n) is 5.10. The van der Waals surface area contributed by atoms with Crippen LogP contribution in [0.4, 0.5) is 0 Å². The summed E-state index contributed by atoms with van der Waals surface area (Å²) in [6.07, 6.45) is 6.24. The molecule has 4 atom stereocenters. The Morgan fingerprint density at radius 3 is 2.74 bits per heavy atom. The molecule has 0 saturated heterocycles. The highest BCUT2D eigenvalue weighted by atomic mass is 16.1. The lowest BCUT2D eigenvalue weighted by molar-refractivity contribution is -0.122. The molecule has 2 aliphatic rings. The quantitative estimate of drug-likeness (QED) is 0.729. The smallest absolute Gasteiger partial charge is 0.221 e. The van der Waals surface area contributed by atoms with Crippen LogP contribution >= 0.6 is 0 Å². The first-order valence-corrected chi connectivity index (χ1v) is 7.81. The Labute approximate surface area is 117 Å². The van der Waals surface area contributed by atoms with Gasteiger partial charge in [-0.3, -0.25) is 4.79 Å². The number of carbonyl (C=O) groups is 1. The van der Waals surface area contributed by atoms with Gasteiger partial charge < -0.3 is 16.0 Å². The van der Waals surface area contributed by atoms with Gasteiger partial charge in [0.05, 0.1) is 0 Å². The molecular weight excluding hydrogens is 238 g/mol. The van der Waals surface area contributed by atoms with E-state index in [1.807, 2.05) is 6.92 Å². The molecule has 19 heavy (non-hydrogen) atoms. The van der Waals surface area contributed by atoms with E-state index in [9.17, 15) is 4.79 Å². The zero-order valence-corrected chi connectivity index (χ0v) is 12.4. The van der Waals surface area contributed by atoms with Crippen molar-refractivity contribution >= 4 is 5.91 Å². The number of carbonyl (C=O) groups excluding carboxylic acids is 1. The van der Waals surface area contributed by atoms with Gasteiger partial charge in [0.2, 0.25) is 5.91 Å². The third-order valence-corrected chi connectivity index (χ3v) is 5.10. The van der Waals surface area contributed by atoms with Gasteiger partial charge in [-0.25, -0.2) is 0 Å². The molecule has 0 aromatic heterocycles. The molecule has 4 nitrogen and oxygen atoms in total. The molecule has 4 heteroatoms. The van der Waals surface area contributed by atoms with Crippen LogP contribution in [0.15, 0.2) is 0 Å². The first-order chi connectivity index (χ1) is 9.13. The van der Waals surface area contributed by atoms with Gasteiger partial charge in [0.1, 0.15) is 0 Å². The summed E-state index contributed by atoms with van der Waals surface area (Å²) in [5, 5.41) is 2.86. The molecule has 0 aromatic rings. The summed E-state index contributed by atoms with van der Waals surface area (Å²) in [7, 11) is 2.13. The molecule has 4 unspecified atom stereocenters. The topological polar surface area (TPSA) is 58.4 Å². The second-order valence-electron chi connectivity index (χ2n) is 6.42. The van der Waals surface area contributed by atoms with Gasteiger partial charge in [-0.2, -0.15) is 0 Å². The highest BCUT2D eigenvalue weighted by Crippen LogP contribution is 2.48. The van der Waals surface area contributed by atoms with E-state index >= 15 is 0 Å².